The summed E-state index contributed by atoms with van der Waals surface area (Å²) in [6.45, 7) is 4.61. The summed E-state index contributed by atoms with van der Waals surface area (Å²) in [6, 6.07) is -0.223. The van der Waals surface area contributed by atoms with Gasteiger partial charge in [-0.2, -0.15) is 0 Å². The van der Waals surface area contributed by atoms with Gasteiger partial charge in [0, 0.05) is 56.1 Å². The molecule has 0 spiro atoms. The summed E-state index contributed by atoms with van der Waals surface area (Å²) in [5.74, 6) is 1.39. The minimum atomic E-state index is -0.995. The molecule has 11 unspecified atom stereocenters. The van der Waals surface area contributed by atoms with Crippen molar-refractivity contribution < 1.29 is 14.3 Å². The number of halogens is 2. The minimum Gasteiger partial charge on any atom is -0.393 e. The summed E-state index contributed by atoms with van der Waals surface area (Å²) in [6.07, 6.45) is 7.99. The topological polar surface area (TPSA) is 79.9 Å². The SMILES string of the molecule is O=C(C1CCCN1)N1CCN(C2NCNC3C(F)C(C4CC(O)CC5CCCCC54)C(Cl)CC32)CC1. The van der Waals surface area contributed by atoms with Crippen LogP contribution in [-0.2, 0) is 4.79 Å². The van der Waals surface area contributed by atoms with Gasteiger partial charge in [0.25, 0.3) is 0 Å². The smallest absolute Gasteiger partial charge is 0.239 e. The summed E-state index contributed by atoms with van der Waals surface area (Å²) in [5, 5.41) is 20.9. The first-order valence-corrected chi connectivity index (χ1v) is 15.1. The van der Waals surface area contributed by atoms with Crippen molar-refractivity contribution in [2.24, 2.45) is 29.6 Å². The molecule has 36 heavy (non-hydrogen) atoms. The summed E-state index contributed by atoms with van der Waals surface area (Å²) in [5.41, 5.74) is 0. The van der Waals surface area contributed by atoms with E-state index in [-0.39, 0.29) is 53.4 Å². The molecule has 3 saturated heterocycles. The lowest BCUT2D eigenvalue weighted by atomic mass is 9.57. The van der Waals surface area contributed by atoms with Gasteiger partial charge in [0.05, 0.1) is 18.3 Å². The number of alkyl halides is 2. The van der Waals surface area contributed by atoms with Gasteiger partial charge in [0.15, 0.2) is 0 Å². The molecule has 6 aliphatic rings. The van der Waals surface area contributed by atoms with E-state index in [0.717, 1.165) is 58.4 Å². The maximum Gasteiger partial charge on any atom is 0.239 e. The summed E-state index contributed by atoms with van der Waals surface area (Å²) >= 11 is 7.10. The van der Waals surface area contributed by atoms with Gasteiger partial charge < -0.3 is 15.3 Å². The lowest BCUT2D eigenvalue weighted by Gasteiger charge is -2.55. The molecular weight excluding hydrogens is 481 g/mol. The Labute approximate surface area is 220 Å². The summed E-state index contributed by atoms with van der Waals surface area (Å²) < 4.78 is 16.5. The quantitative estimate of drug-likeness (QED) is 0.421. The number of amides is 1. The van der Waals surface area contributed by atoms with Gasteiger partial charge in [0.2, 0.25) is 5.91 Å². The van der Waals surface area contributed by atoms with Crippen molar-refractivity contribution in [3.05, 3.63) is 0 Å². The van der Waals surface area contributed by atoms with E-state index in [0.29, 0.717) is 24.9 Å². The average Bonchev–Trinajstić information content (AvgIpc) is 3.43. The second-order valence-corrected chi connectivity index (χ2v) is 13.1. The molecule has 1 amide bonds. The molecule has 0 radical (unpaired) electrons. The van der Waals surface area contributed by atoms with E-state index >= 15 is 4.39 Å². The fourth-order valence-electron chi connectivity index (χ4n) is 8.97. The van der Waals surface area contributed by atoms with Crippen molar-refractivity contribution >= 4 is 17.5 Å². The Morgan fingerprint density at radius 2 is 1.69 bits per heavy atom. The van der Waals surface area contributed by atoms with Crippen molar-refractivity contribution in [3.63, 3.8) is 0 Å². The Kier molecular flexibility index (Phi) is 7.82. The van der Waals surface area contributed by atoms with E-state index in [9.17, 15) is 9.90 Å². The average molecular weight is 526 g/mol. The predicted octanol–water partition coefficient (Wildman–Crippen LogP) is 1.89. The Morgan fingerprint density at radius 3 is 2.47 bits per heavy atom. The van der Waals surface area contributed by atoms with Gasteiger partial charge in [-0.25, -0.2) is 4.39 Å². The van der Waals surface area contributed by atoms with Crippen LogP contribution in [0.15, 0.2) is 0 Å². The molecule has 11 atom stereocenters. The van der Waals surface area contributed by atoms with Crippen LogP contribution in [0.2, 0.25) is 0 Å². The third-order valence-corrected chi connectivity index (χ3v) is 11.1. The standard InChI is InChI=1S/C27H45ClFN5O2/c28-21-14-20-25(24(29)23(21)19-13-17(35)12-16-4-1-2-5-18(16)19)31-15-32-26(20)33-8-10-34(11-9-33)27(36)22-6-3-7-30-22/h16-26,30-32,35H,1-15H2. The van der Waals surface area contributed by atoms with Crippen LogP contribution in [0.5, 0.6) is 0 Å². The van der Waals surface area contributed by atoms with Crippen molar-refractivity contribution in [2.45, 2.75) is 93.7 Å². The van der Waals surface area contributed by atoms with E-state index in [4.69, 9.17) is 11.6 Å². The fourth-order valence-corrected chi connectivity index (χ4v) is 9.50. The Bertz CT molecular complexity index is 779. The number of carbonyl (C=O) groups is 1. The lowest BCUT2D eigenvalue weighted by molar-refractivity contribution is -0.136. The van der Waals surface area contributed by atoms with E-state index < -0.39 is 6.17 Å². The molecule has 3 saturated carbocycles. The molecule has 0 aromatic heterocycles. The molecule has 3 aliphatic carbocycles. The van der Waals surface area contributed by atoms with Crippen LogP contribution in [0, 0.1) is 29.6 Å². The molecule has 7 nitrogen and oxygen atoms in total. The summed E-state index contributed by atoms with van der Waals surface area (Å²) in [7, 11) is 0. The predicted molar refractivity (Wildman–Crippen MR) is 138 cm³/mol. The van der Waals surface area contributed by atoms with Crippen LogP contribution in [0.3, 0.4) is 0 Å². The van der Waals surface area contributed by atoms with Gasteiger partial charge in [-0.1, -0.05) is 19.3 Å². The molecule has 9 heteroatoms. The molecule has 0 bridgehead atoms. The highest BCUT2D eigenvalue weighted by Crippen LogP contribution is 2.52. The highest BCUT2D eigenvalue weighted by Gasteiger charge is 2.55. The number of fused-ring (bicyclic) bond motifs is 2. The number of aliphatic hydroxyl groups excluding tert-OH is 1. The zero-order valence-corrected chi connectivity index (χ0v) is 22.2. The normalized spacial score (nSPS) is 48.3. The summed E-state index contributed by atoms with van der Waals surface area (Å²) in [4.78, 5) is 17.3. The van der Waals surface area contributed by atoms with Crippen LogP contribution in [0.1, 0.15) is 57.8 Å². The number of nitrogens with one attached hydrogen (secondary N) is 3. The molecule has 204 valence electrons. The molecule has 0 aromatic carbocycles. The molecule has 6 fully saturated rings. The van der Waals surface area contributed by atoms with Crippen LogP contribution in [-0.4, -0.2) is 96.1 Å². The van der Waals surface area contributed by atoms with E-state index in [1.165, 1.54) is 25.7 Å². The molecule has 3 aliphatic heterocycles. The Balaban J connectivity index is 1.12. The highest BCUT2D eigenvalue weighted by atomic mass is 35.5. The third-order valence-electron chi connectivity index (χ3n) is 10.7. The van der Waals surface area contributed by atoms with Crippen LogP contribution >= 0.6 is 11.6 Å². The molecule has 6 rings (SSSR count). The Hall–Kier alpha value is -0.510. The third kappa shape index (κ3) is 4.84. The maximum atomic E-state index is 16.5. The van der Waals surface area contributed by atoms with Crippen molar-refractivity contribution in [2.75, 3.05) is 39.4 Å². The van der Waals surface area contributed by atoms with Gasteiger partial charge in [-0.05, 0) is 62.8 Å². The minimum absolute atomic E-state index is 0.0143. The van der Waals surface area contributed by atoms with Gasteiger partial charge in [-0.3, -0.25) is 20.3 Å². The monoisotopic (exact) mass is 525 g/mol. The number of aliphatic hydroxyl groups is 1. The van der Waals surface area contributed by atoms with Crippen molar-refractivity contribution in [1.29, 1.82) is 0 Å². The van der Waals surface area contributed by atoms with Crippen LogP contribution < -0.4 is 16.0 Å². The first-order valence-electron chi connectivity index (χ1n) is 14.7. The number of nitrogens with zero attached hydrogens (tertiary/aromatic N) is 2. The number of piperazine rings is 1. The van der Waals surface area contributed by atoms with E-state index in [2.05, 4.69) is 20.9 Å². The second-order valence-electron chi connectivity index (χ2n) is 12.5. The van der Waals surface area contributed by atoms with Gasteiger partial charge in [0.1, 0.15) is 6.17 Å². The first kappa shape index (κ1) is 25.8. The zero-order chi connectivity index (χ0) is 24.8. The largest absolute Gasteiger partial charge is 0.393 e. The molecule has 3 heterocycles. The van der Waals surface area contributed by atoms with E-state index in [1.54, 1.807) is 0 Å². The van der Waals surface area contributed by atoms with E-state index in [1.807, 2.05) is 4.90 Å². The fraction of sp³-hybridized carbons (Fsp3) is 0.963. The number of hydrogen-bond donors (Lipinski definition) is 4. The molecule has 4 N–H and O–H groups in total. The van der Waals surface area contributed by atoms with Crippen LogP contribution in [0.4, 0.5) is 4.39 Å². The van der Waals surface area contributed by atoms with Crippen molar-refractivity contribution in [1.82, 2.24) is 25.8 Å². The number of carbonyl (C=O) groups excluding carboxylic acids is 1. The maximum absolute atomic E-state index is 16.5. The number of rotatable bonds is 3. The van der Waals surface area contributed by atoms with Gasteiger partial charge >= 0.3 is 0 Å². The Morgan fingerprint density at radius 1 is 0.889 bits per heavy atom. The molecule has 0 aromatic rings. The first-order chi connectivity index (χ1) is 17.5. The molecular formula is C27H45ClFN5O2. The lowest BCUT2D eigenvalue weighted by Crippen LogP contribution is -2.71. The highest BCUT2D eigenvalue weighted by molar-refractivity contribution is 6.21. The zero-order valence-electron chi connectivity index (χ0n) is 21.5. The number of hydrogen-bond acceptors (Lipinski definition) is 6. The second kappa shape index (κ2) is 10.9. The van der Waals surface area contributed by atoms with Crippen molar-refractivity contribution in [3.8, 4) is 0 Å². The van der Waals surface area contributed by atoms with Crippen LogP contribution in [0.25, 0.3) is 0 Å². The van der Waals surface area contributed by atoms with Gasteiger partial charge in [-0.15, -0.1) is 11.6 Å².